The van der Waals surface area contributed by atoms with Crippen LogP contribution in [0.15, 0.2) is 54.0 Å². The van der Waals surface area contributed by atoms with Crippen LogP contribution in [0.3, 0.4) is 0 Å². The van der Waals surface area contributed by atoms with E-state index >= 15 is 0 Å². The van der Waals surface area contributed by atoms with E-state index < -0.39 is 0 Å². The Morgan fingerprint density at radius 3 is 2.89 bits per heavy atom. The van der Waals surface area contributed by atoms with Gasteiger partial charge in [-0.25, -0.2) is 0 Å². The third kappa shape index (κ3) is 3.76. The van der Waals surface area contributed by atoms with Crippen molar-refractivity contribution in [1.82, 2.24) is 4.57 Å². The molecule has 1 aromatic heterocycles. The number of aromatic nitrogens is 1. The number of ketones is 1. The fourth-order valence-electron chi connectivity index (χ4n) is 2.86. The molecule has 0 bridgehead atoms. The fourth-order valence-corrected chi connectivity index (χ4v) is 2.86. The molecule has 1 aliphatic heterocycles. The minimum absolute atomic E-state index is 0.0479. The Bertz CT molecular complexity index is 948. The Balaban J connectivity index is 1.88. The van der Waals surface area contributed by atoms with Crippen LogP contribution in [-0.2, 0) is 11.3 Å². The van der Waals surface area contributed by atoms with E-state index in [1.54, 1.807) is 43.3 Å². The van der Waals surface area contributed by atoms with Crippen LogP contribution in [0.1, 0.15) is 17.3 Å². The van der Waals surface area contributed by atoms with Crippen LogP contribution < -0.4 is 19.9 Å². The third-order valence-corrected chi connectivity index (χ3v) is 4.13. The molecule has 0 N–H and O–H groups in total. The SMILES string of the molecule is C=CCN1C(=O)COc2ccc(C(=O)Cn3cccc(OCC)c3=O)cc21. The number of amides is 1. The van der Waals surface area contributed by atoms with Crippen LogP contribution in [0, 0.1) is 0 Å². The van der Waals surface area contributed by atoms with Gasteiger partial charge in [0.05, 0.1) is 18.8 Å². The predicted octanol–water partition coefficient (Wildman–Crippen LogP) is 2.04. The lowest BCUT2D eigenvalue weighted by atomic mass is 10.1. The van der Waals surface area contributed by atoms with Crippen molar-refractivity contribution < 1.29 is 19.1 Å². The molecule has 0 saturated carbocycles. The summed E-state index contributed by atoms with van der Waals surface area (Å²) < 4.78 is 12.0. The van der Waals surface area contributed by atoms with Crippen LogP contribution in [0.4, 0.5) is 5.69 Å². The van der Waals surface area contributed by atoms with E-state index in [-0.39, 0.29) is 36.2 Å². The van der Waals surface area contributed by atoms with Gasteiger partial charge in [-0.3, -0.25) is 14.4 Å². The summed E-state index contributed by atoms with van der Waals surface area (Å²) in [4.78, 5) is 38.6. The van der Waals surface area contributed by atoms with Gasteiger partial charge in [-0.2, -0.15) is 0 Å². The summed E-state index contributed by atoms with van der Waals surface area (Å²) in [5.41, 5.74) is 0.541. The van der Waals surface area contributed by atoms with Gasteiger partial charge in [0.2, 0.25) is 0 Å². The van der Waals surface area contributed by atoms with Crippen molar-refractivity contribution in [2.75, 3.05) is 24.7 Å². The van der Waals surface area contributed by atoms with Gasteiger partial charge >= 0.3 is 0 Å². The number of fused-ring (bicyclic) bond motifs is 1. The van der Waals surface area contributed by atoms with Gasteiger partial charge in [-0.1, -0.05) is 6.08 Å². The normalized spacial score (nSPS) is 12.9. The fraction of sp³-hybridized carbons (Fsp3) is 0.250. The molecule has 3 rings (SSSR count). The van der Waals surface area contributed by atoms with E-state index in [1.807, 2.05) is 0 Å². The smallest absolute Gasteiger partial charge is 0.293 e. The van der Waals surface area contributed by atoms with Crippen LogP contribution >= 0.6 is 0 Å². The number of hydrogen-bond donors (Lipinski definition) is 0. The highest BCUT2D eigenvalue weighted by Gasteiger charge is 2.25. The summed E-state index contributed by atoms with van der Waals surface area (Å²) in [5.74, 6) is 0.274. The summed E-state index contributed by atoms with van der Waals surface area (Å²) in [7, 11) is 0. The molecular weight excluding hydrogens is 348 g/mol. The average Bonchev–Trinajstić information content (AvgIpc) is 2.67. The number of pyridine rings is 1. The molecule has 0 atom stereocenters. The molecule has 0 fully saturated rings. The van der Waals surface area contributed by atoms with E-state index in [2.05, 4.69) is 6.58 Å². The van der Waals surface area contributed by atoms with Crippen molar-refractivity contribution in [3.63, 3.8) is 0 Å². The van der Waals surface area contributed by atoms with Crippen LogP contribution in [-0.4, -0.2) is 36.0 Å². The highest BCUT2D eigenvalue weighted by Crippen LogP contribution is 2.33. The second kappa shape index (κ2) is 7.90. The lowest BCUT2D eigenvalue weighted by Gasteiger charge is -2.28. The Morgan fingerprint density at radius 2 is 2.15 bits per heavy atom. The Labute approximate surface area is 156 Å². The van der Waals surface area contributed by atoms with E-state index in [0.29, 0.717) is 30.2 Å². The van der Waals surface area contributed by atoms with Gasteiger partial charge in [-0.15, -0.1) is 6.58 Å². The number of rotatable bonds is 7. The topological polar surface area (TPSA) is 77.8 Å². The van der Waals surface area contributed by atoms with Crippen molar-refractivity contribution in [3.05, 3.63) is 65.1 Å². The van der Waals surface area contributed by atoms with Crippen molar-refractivity contribution in [2.24, 2.45) is 0 Å². The first-order chi connectivity index (χ1) is 13.0. The van der Waals surface area contributed by atoms with Gasteiger partial charge in [0.1, 0.15) is 5.75 Å². The second-order valence-electron chi connectivity index (χ2n) is 5.93. The van der Waals surface area contributed by atoms with E-state index in [9.17, 15) is 14.4 Å². The molecule has 0 saturated heterocycles. The highest BCUT2D eigenvalue weighted by molar-refractivity contribution is 6.02. The van der Waals surface area contributed by atoms with Crippen molar-refractivity contribution in [3.8, 4) is 11.5 Å². The number of nitrogens with zero attached hydrogens (tertiary/aromatic N) is 2. The standard InChI is InChI=1S/C20H20N2O5/c1-3-9-22-15-11-14(7-8-17(15)27-13-19(22)24)16(23)12-21-10-5-6-18(20(21)25)26-4-2/h3,5-8,10-11H,1,4,9,12-13H2,2H3. The second-order valence-corrected chi connectivity index (χ2v) is 5.93. The Morgan fingerprint density at radius 1 is 1.33 bits per heavy atom. The summed E-state index contributed by atoms with van der Waals surface area (Å²) in [6.07, 6.45) is 3.15. The molecule has 7 heteroatoms. The zero-order chi connectivity index (χ0) is 19.4. The zero-order valence-corrected chi connectivity index (χ0v) is 15.0. The Kier molecular flexibility index (Phi) is 5.40. The largest absolute Gasteiger partial charge is 0.488 e. The molecule has 0 radical (unpaired) electrons. The van der Waals surface area contributed by atoms with Crippen LogP contribution in [0.25, 0.3) is 0 Å². The molecular formula is C20H20N2O5. The monoisotopic (exact) mass is 368 g/mol. The lowest BCUT2D eigenvalue weighted by Crippen LogP contribution is -2.39. The molecule has 2 aromatic rings. The zero-order valence-electron chi connectivity index (χ0n) is 15.0. The number of benzene rings is 1. The van der Waals surface area contributed by atoms with Gasteiger partial charge in [0.15, 0.2) is 18.1 Å². The number of hydrogen-bond acceptors (Lipinski definition) is 5. The summed E-state index contributed by atoms with van der Waals surface area (Å²) in [6.45, 7) is 5.95. The van der Waals surface area contributed by atoms with E-state index in [4.69, 9.17) is 9.47 Å². The minimum atomic E-state index is -0.363. The summed E-state index contributed by atoms with van der Waals surface area (Å²) in [5, 5.41) is 0. The molecule has 140 valence electrons. The van der Waals surface area contributed by atoms with Gasteiger partial charge in [0, 0.05) is 18.3 Å². The first kappa shape index (κ1) is 18.4. The van der Waals surface area contributed by atoms with Crippen molar-refractivity contribution in [2.45, 2.75) is 13.5 Å². The number of anilines is 1. The third-order valence-electron chi connectivity index (χ3n) is 4.13. The molecule has 7 nitrogen and oxygen atoms in total. The average molecular weight is 368 g/mol. The van der Waals surface area contributed by atoms with E-state index in [0.717, 1.165) is 0 Å². The molecule has 1 aromatic carbocycles. The van der Waals surface area contributed by atoms with E-state index in [1.165, 1.54) is 15.7 Å². The Hall–Kier alpha value is -3.35. The maximum absolute atomic E-state index is 12.7. The van der Waals surface area contributed by atoms with Gasteiger partial charge in [-0.05, 0) is 37.3 Å². The molecule has 0 spiro atoms. The number of ether oxygens (including phenoxy) is 2. The highest BCUT2D eigenvalue weighted by atomic mass is 16.5. The molecule has 2 heterocycles. The molecule has 1 aliphatic rings. The number of carbonyl (C=O) groups is 2. The molecule has 1 amide bonds. The lowest BCUT2D eigenvalue weighted by molar-refractivity contribution is -0.121. The van der Waals surface area contributed by atoms with Gasteiger partial charge < -0.3 is 18.9 Å². The quantitative estimate of drug-likeness (QED) is 0.552. The van der Waals surface area contributed by atoms with Crippen molar-refractivity contribution >= 4 is 17.4 Å². The predicted molar refractivity (Wildman–Crippen MR) is 101 cm³/mol. The van der Waals surface area contributed by atoms with Crippen LogP contribution in [0.5, 0.6) is 11.5 Å². The minimum Gasteiger partial charge on any atom is -0.488 e. The molecule has 0 unspecified atom stereocenters. The summed E-state index contributed by atoms with van der Waals surface area (Å²) in [6, 6.07) is 8.12. The van der Waals surface area contributed by atoms with Crippen LogP contribution in [0.2, 0.25) is 0 Å². The summed E-state index contributed by atoms with van der Waals surface area (Å²) >= 11 is 0. The first-order valence-corrected chi connectivity index (χ1v) is 8.58. The number of carbonyl (C=O) groups excluding carboxylic acids is 2. The first-order valence-electron chi connectivity index (χ1n) is 8.58. The molecule has 27 heavy (non-hydrogen) atoms. The number of Topliss-reactive ketones (excluding diaryl/α,β-unsaturated/α-hetero) is 1. The molecule has 0 aliphatic carbocycles. The van der Waals surface area contributed by atoms with Crippen molar-refractivity contribution in [1.29, 1.82) is 0 Å². The maximum atomic E-state index is 12.7. The maximum Gasteiger partial charge on any atom is 0.293 e. The van der Waals surface area contributed by atoms with Gasteiger partial charge in [0.25, 0.3) is 11.5 Å².